The molecule has 176 valence electrons. The number of hydrogen-bond donors (Lipinski definition) is 2. The van der Waals surface area contributed by atoms with Crippen molar-refractivity contribution >= 4 is 40.3 Å². The van der Waals surface area contributed by atoms with Gasteiger partial charge in [0.2, 0.25) is 11.9 Å². The quantitative estimate of drug-likeness (QED) is 0.547. The van der Waals surface area contributed by atoms with Gasteiger partial charge in [-0.1, -0.05) is 17.7 Å². The molecule has 2 aromatic heterocycles. The maximum absolute atomic E-state index is 6.22. The summed E-state index contributed by atoms with van der Waals surface area (Å²) in [4.78, 5) is 16.8. The molecule has 5 rings (SSSR count). The first-order chi connectivity index (χ1) is 16.1. The van der Waals surface area contributed by atoms with Gasteiger partial charge < -0.3 is 20.7 Å². The Morgan fingerprint density at radius 1 is 1.15 bits per heavy atom. The average molecular weight is 470 g/mol. The number of aromatic nitrogens is 4. The van der Waals surface area contributed by atoms with Crippen molar-refractivity contribution in [2.75, 3.05) is 37.0 Å². The van der Waals surface area contributed by atoms with E-state index in [1.807, 2.05) is 30.5 Å². The highest BCUT2D eigenvalue weighted by Crippen LogP contribution is 2.37. The number of hydrogen-bond acceptors (Lipinski definition) is 7. The van der Waals surface area contributed by atoms with Gasteiger partial charge in [-0.25, -0.2) is 9.97 Å². The minimum Gasteiger partial charge on any atom is -0.381 e. The number of ether oxygens (including phenoxy) is 1. The van der Waals surface area contributed by atoms with Crippen LogP contribution in [0.3, 0.4) is 0 Å². The van der Waals surface area contributed by atoms with Crippen LogP contribution in [-0.4, -0.2) is 52.4 Å². The van der Waals surface area contributed by atoms with Crippen LogP contribution >= 0.6 is 11.6 Å². The molecule has 0 unspecified atom stereocenters. The Morgan fingerprint density at radius 3 is 2.67 bits per heavy atom. The Balaban J connectivity index is 1.52. The highest BCUT2D eigenvalue weighted by molar-refractivity contribution is 6.30. The second kappa shape index (κ2) is 9.83. The van der Waals surface area contributed by atoms with Gasteiger partial charge in [0, 0.05) is 43.1 Å². The molecule has 1 saturated carbocycles. The molecule has 0 amide bonds. The van der Waals surface area contributed by atoms with Crippen molar-refractivity contribution in [3.05, 3.63) is 35.5 Å². The lowest BCUT2D eigenvalue weighted by atomic mass is 9.86. The third kappa shape index (κ3) is 4.78. The summed E-state index contributed by atoms with van der Waals surface area (Å²) in [5.41, 5.74) is 8.52. The van der Waals surface area contributed by atoms with Gasteiger partial charge in [0.25, 0.3) is 0 Å². The van der Waals surface area contributed by atoms with E-state index >= 15 is 0 Å². The molecule has 9 heteroatoms. The van der Waals surface area contributed by atoms with E-state index in [0.29, 0.717) is 23.0 Å². The van der Waals surface area contributed by atoms with Crippen molar-refractivity contribution < 1.29 is 4.74 Å². The van der Waals surface area contributed by atoms with E-state index in [1.165, 1.54) is 0 Å². The Hall–Kier alpha value is -2.42. The van der Waals surface area contributed by atoms with Crippen molar-refractivity contribution in [3.63, 3.8) is 0 Å². The van der Waals surface area contributed by atoms with Crippen LogP contribution in [0, 0.1) is 5.92 Å². The zero-order valence-corrected chi connectivity index (χ0v) is 19.8. The molecule has 8 nitrogen and oxygen atoms in total. The van der Waals surface area contributed by atoms with Crippen molar-refractivity contribution in [3.8, 4) is 0 Å². The van der Waals surface area contributed by atoms with E-state index in [4.69, 9.17) is 32.0 Å². The van der Waals surface area contributed by atoms with E-state index in [2.05, 4.69) is 26.8 Å². The Labute approximate surface area is 199 Å². The molecular weight excluding hydrogens is 438 g/mol. The summed E-state index contributed by atoms with van der Waals surface area (Å²) in [6.45, 7) is 2.33. The summed E-state index contributed by atoms with van der Waals surface area (Å²) in [5.74, 6) is 2.12. The van der Waals surface area contributed by atoms with Gasteiger partial charge in [0.15, 0.2) is 5.65 Å². The first-order valence-corrected chi connectivity index (χ1v) is 12.3. The fourth-order valence-electron chi connectivity index (χ4n) is 5.06. The van der Waals surface area contributed by atoms with E-state index in [-0.39, 0.29) is 0 Å². The van der Waals surface area contributed by atoms with Crippen LogP contribution in [0.4, 0.5) is 17.6 Å². The molecule has 3 N–H and O–H groups in total. The minimum absolute atomic E-state index is 0.315. The van der Waals surface area contributed by atoms with Crippen LogP contribution in [0.15, 0.2) is 30.5 Å². The highest BCUT2D eigenvalue weighted by atomic mass is 35.5. The van der Waals surface area contributed by atoms with Gasteiger partial charge in [-0.05, 0) is 69.2 Å². The third-order valence-electron chi connectivity index (χ3n) is 7.07. The molecule has 1 aromatic carbocycles. The van der Waals surface area contributed by atoms with Crippen LogP contribution in [0.25, 0.3) is 11.2 Å². The minimum atomic E-state index is 0.315. The van der Waals surface area contributed by atoms with E-state index in [1.54, 1.807) is 0 Å². The number of fused-ring (bicyclic) bond motifs is 1. The number of benzene rings is 1. The molecule has 0 radical (unpaired) electrons. The molecule has 0 spiro atoms. The monoisotopic (exact) mass is 469 g/mol. The molecule has 0 atom stereocenters. The SMILES string of the molecule is CN(c1ncc2nc(Nc3cccc(Cl)c3)n([C@H]3CC[C@@H](CN)CC3)c2n1)C1CCOCC1. The van der Waals surface area contributed by atoms with Crippen LogP contribution in [0.1, 0.15) is 44.6 Å². The summed E-state index contributed by atoms with van der Waals surface area (Å²) < 4.78 is 7.80. The number of anilines is 3. The smallest absolute Gasteiger partial charge is 0.227 e. The van der Waals surface area contributed by atoms with Crippen LogP contribution in [0.5, 0.6) is 0 Å². The standard InChI is InChI=1S/C24H32ClN7O/c1-31(19-9-11-33-12-10-19)23-27-15-21-22(30-23)32(20-7-5-16(14-26)6-8-20)24(29-21)28-18-4-2-3-17(25)13-18/h2-4,13,15-16,19-20H,5-12,14,26H2,1H3,(H,28,29)/t16-,20+. The van der Waals surface area contributed by atoms with E-state index < -0.39 is 0 Å². The molecule has 1 saturated heterocycles. The number of imidazole rings is 1. The van der Waals surface area contributed by atoms with Gasteiger partial charge in [0.1, 0.15) is 5.52 Å². The lowest BCUT2D eigenvalue weighted by Gasteiger charge is -2.31. The predicted octanol–water partition coefficient (Wildman–Crippen LogP) is 4.53. The van der Waals surface area contributed by atoms with Crippen LogP contribution in [-0.2, 0) is 4.74 Å². The number of nitrogens with zero attached hydrogens (tertiary/aromatic N) is 5. The van der Waals surface area contributed by atoms with Crippen LogP contribution in [0.2, 0.25) is 5.02 Å². The summed E-state index contributed by atoms with van der Waals surface area (Å²) in [6, 6.07) is 8.41. The lowest BCUT2D eigenvalue weighted by molar-refractivity contribution is 0.0852. The highest BCUT2D eigenvalue weighted by Gasteiger charge is 2.27. The number of nitrogens with two attached hydrogens (primary N) is 1. The number of halogens is 1. The molecular formula is C24H32ClN7O. The number of rotatable bonds is 6. The molecule has 2 aliphatic rings. The van der Waals surface area contributed by atoms with Gasteiger partial charge in [0.05, 0.1) is 6.20 Å². The summed E-state index contributed by atoms with van der Waals surface area (Å²) in [7, 11) is 2.08. The first-order valence-electron chi connectivity index (χ1n) is 11.9. The molecule has 1 aliphatic carbocycles. The maximum atomic E-state index is 6.22. The van der Waals surface area contributed by atoms with Crippen molar-refractivity contribution in [2.45, 2.75) is 50.6 Å². The first kappa shape index (κ1) is 22.4. The molecule has 3 heterocycles. The Kier molecular flexibility index (Phi) is 6.66. The van der Waals surface area contributed by atoms with Gasteiger partial charge in [-0.3, -0.25) is 4.57 Å². The summed E-state index contributed by atoms with van der Waals surface area (Å²) >= 11 is 6.22. The largest absolute Gasteiger partial charge is 0.381 e. The zero-order valence-electron chi connectivity index (χ0n) is 19.1. The molecule has 0 bridgehead atoms. The van der Waals surface area contributed by atoms with Gasteiger partial charge >= 0.3 is 0 Å². The average Bonchev–Trinajstić information content (AvgIpc) is 3.21. The lowest BCUT2D eigenvalue weighted by Crippen LogP contribution is -2.37. The summed E-state index contributed by atoms with van der Waals surface area (Å²) in [6.07, 6.45) is 8.19. The number of nitrogens with one attached hydrogen (secondary N) is 1. The molecule has 2 fully saturated rings. The van der Waals surface area contributed by atoms with Gasteiger partial charge in [-0.2, -0.15) is 4.98 Å². The fourth-order valence-corrected chi connectivity index (χ4v) is 5.25. The van der Waals surface area contributed by atoms with Crippen molar-refractivity contribution in [2.24, 2.45) is 11.7 Å². The summed E-state index contributed by atoms with van der Waals surface area (Å²) in [5, 5.41) is 4.17. The fraction of sp³-hybridized carbons (Fsp3) is 0.542. The zero-order chi connectivity index (χ0) is 22.8. The predicted molar refractivity (Wildman–Crippen MR) is 132 cm³/mol. The van der Waals surface area contributed by atoms with Crippen molar-refractivity contribution in [1.82, 2.24) is 19.5 Å². The Bertz CT molecular complexity index is 1090. The maximum Gasteiger partial charge on any atom is 0.227 e. The van der Waals surface area contributed by atoms with Crippen LogP contribution < -0.4 is 16.0 Å². The third-order valence-corrected chi connectivity index (χ3v) is 7.30. The van der Waals surface area contributed by atoms with Crippen molar-refractivity contribution in [1.29, 1.82) is 0 Å². The topological polar surface area (TPSA) is 94.1 Å². The Morgan fingerprint density at radius 2 is 1.94 bits per heavy atom. The van der Waals surface area contributed by atoms with E-state index in [0.717, 1.165) is 87.0 Å². The molecule has 3 aromatic rings. The second-order valence-electron chi connectivity index (χ2n) is 9.18. The second-order valence-corrected chi connectivity index (χ2v) is 9.62. The normalized spacial score (nSPS) is 21.9. The van der Waals surface area contributed by atoms with Gasteiger partial charge in [-0.15, -0.1) is 0 Å². The molecule has 33 heavy (non-hydrogen) atoms. The molecule has 1 aliphatic heterocycles. The van der Waals surface area contributed by atoms with E-state index in [9.17, 15) is 0 Å².